The van der Waals surface area contributed by atoms with E-state index in [0.717, 1.165) is 22.3 Å². The SMILES string of the molecule is O=c1[nH]ccn1Cc1ccc(-c2cnccc2-c2nn[nH]n2)cc1. The molecule has 0 unspecified atom stereocenters. The molecule has 0 aliphatic heterocycles. The second kappa shape index (κ2) is 5.92. The van der Waals surface area contributed by atoms with E-state index in [-0.39, 0.29) is 5.69 Å². The zero-order valence-corrected chi connectivity index (χ0v) is 12.5. The van der Waals surface area contributed by atoms with Crippen LogP contribution in [0.5, 0.6) is 0 Å². The summed E-state index contributed by atoms with van der Waals surface area (Å²) < 4.78 is 1.61. The third-order valence-electron chi connectivity index (χ3n) is 3.75. The van der Waals surface area contributed by atoms with Crippen LogP contribution in [0.2, 0.25) is 0 Å². The lowest BCUT2D eigenvalue weighted by atomic mass is 10.0. The van der Waals surface area contributed by atoms with Gasteiger partial charge in [-0.1, -0.05) is 24.3 Å². The Morgan fingerprint density at radius 1 is 1.08 bits per heavy atom. The van der Waals surface area contributed by atoms with E-state index in [1.807, 2.05) is 30.3 Å². The summed E-state index contributed by atoms with van der Waals surface area (Å²) in [4.78, 5) is 18.4. The Balaban J connectivity index is 1.67. The molecule has 0 spiro atoms. The van der Waals surface area contributed by atoms with Crippen LogP contribution in [-0.4, -0.2) is 35.2 Å². The van der Waals surface area contributed by atoms with Crippen molar-refractivity contribution in [3.63, 3.8) is 0 Å². The molecular weight excluding hydrogens is 306 g/mol. The molecule has 0 aliphatic rings. The molecular formula is C16H13N7O. The number of hydrogen-bond donors (Lipinski definition) is 2. The van der Waals surface area contributed by atoms with Crippen molar-refractivity contribution in [3.8, 4) is 22.5 Å². The summed E-state index contributed by atoms with van der Waals surface area (Å²) >= 11 is 0. The maximum Gasteiger partial charge on any atom is 0.325 e. The minimum Gasteiger partial charge on any atom is -0.313 e. The Bertz CT molecular complexity index is 999. The van der Waals surface area contributed by atoms with Crippen LogP contribution in [0, 0.1) is 0 Å². The van der Waals surface area contributed by atoms with Crippen LogP contribution in [0.1, 0.15) is 5.56 Å². The first kappa shape index (κ1) is 14.1. The Hall–Kier alpha value is -3.55. The average molecular weight is 319 g/mol. The largest absolute Gasteiger partial charge is 0.325 e. The summed E-state index contributed by atoms with van der Waals surface area (Å²) in [6.07, 6.45) is 6.83. The van der Waals surface area contributed by atoms with Crippen molar-refractivity contribution in [1.29, 1.82) is 0 Å². The van der Waals surface area contributed by atoms with Crippen molar-refractivity contribution in [2.45, 2.75) is 6.54 Å². The quantitative estimate of drug-likeness (QED) is 0.592. The maximum atomic E-state index is 11.6. The van der Waals surface area contributed by atoms with Gasteiger partial charge in [0.15, 0.2) is 0 Å². The molecule has 4 aromatic rings. The molecule has 0 amide bonds. The molecule has 0 atom stereocenters. The fraction of sp³-hybridized carbons (Fsp3) is 0.0625. The summed E-state index contributed by atoms with van der Waals surface area (Å²) in [5.41, 5.74) is 3.68. The number of aromatic nitrogens is 7. The highest BCUT2D eigenvalue weighted by atomic mass is 16.1. The molecule has 0 bridgehead atoms. The fourth-order valence-electron chi connectivity index (χ4n) is 2.56. The number of nitrogens with zero attached hydrogens (tertiary/aromatic N) is 5. The van der Waals surface area contributed by atoms with Gasteiger partial charge in [0.2, 0.25) is 5.82 Å². The first-order valence-electron chi connectivity index (χ1n) is 7.32. The molecule has 0 aliphatic carbocycles. The smallest absolute Gasteiger partial charge is 0.313 e. The number of H-pyrrole nitrogens is 2. The molecule has 8 heteroatoms. The highest BCUT2D eigenvalue weighted by molar-refractivity contribution is 5.79. The molecule has 3 heterocycles. The number of benzene rings is 1. The predicted octanol–water partition coefficient (Wildman–Crippen LogP) is 1.47. The Morgan fingerprint density at radius 3 is 2.67 bits per heavy atom. The van der Waals surface area contributed by atoms with Gasteiger partial charge in [-0.15, -0.1) is 10.2 Å². The summed E-state index contributed by atoms with van der Waals surface area (Å²) in [5, 5.41) is 14.1. The number of nitrogens with one attached hydrogen (secondary N) is 2. The predicted molar refractivity (Wildman–Crippen MR) is 87.0 cm³/mol. The third kappa shape index (κ3) is 2.60. The molecule has 4 rings (SSSR count). The summed E-state index contributed by atoms with van der Waals surface area (Å²) in [5.74, 6) is 0.523. The molecule has 2 N–H and O–H groups in total. The van der Waals surface area contributed by atoms with Crippen LogP contribution < -0.4 is 5.69 Å². The van der Waals surface area contributed by atoms with Gasteiger partial charge in [-0.05, 0) is 22.4 Å². The zero-order chi connectivity index (χ0) is 16.4. The molecule has 118 valence electrons. The lowest BCUT2D eigenvalue weighted by molar-refractivity contribution is 0.762. The van der Waals surface area contributed by atoms with Crippen LogP contribution in [0.25, 0.3) is 22.5 Å². The monoisotopic (exact) mass is 319 g/mol. The molecule has 0 radical (unpaired) electrons. The molecule has 0 fully saturated rings. The molecule has 24 heavy (non-hydrogen) atoms. The van der Waals surface area contributed by atoms with Crippen LogP contribution >= 0.6 is 0 Å². The lowest BCUT2D eigenvalue weighted by Crippen LogP contribution is -2.16. The van der Waals surface area contributed by atoms with Crippen LogP contribution in [0.4, 0.5) is 0 Å². The van der Waals surface area contributed by atoms with Gasteiger partial charge in [0, 0.05) is 35.9 Å². The van der Waals surface area contributed by atoms with Crippen molar-refractivity contribution in [3.05, 3.63) is 71.2 Å². The van der Waals surface area contributed by atoms with E-state index < -0.39 is 0 Å². The van der Waals surface area contributed by atoms with Gasteiger partial charge in [-0.25, -0.2) is 4.79 Å². The summed E-state index contributed by atoms with van der Waals surface area (Å²) in [6, 6.07) is 9.82. The van der Waals surface area contributed by atoms with Crippen molar-refractivity contribution in [1.82, 2.24) is 35.2 Å². The number of tetrazole rings is 1. The minimum atomic E-state index is -0.120. The van der Waals surface area contributed by atoms with Gasteiger partial charge < -0.3 is 4.98 Å². The summed E-state index contributed by atoms with van der Waals surface area (Å²) in [7, 11) is 0. The van der Waals surface area contributed by atoms with Crippen LogP contribution in [0.3, 0.4) is 0 Å². The fourth-order valence-corrected chi connectivity index (χ4v) is 2.56. The highest BCUT2D eigenvalue weighted by Gasteiger charge is 2.11. The average Bonchev–Trinajstić information content (AvgIpc) is 3.28. The Morgan fingerprint density at radius 2 is 1.96 bits per heavy atom. The Kier molecular flexibility index (Phi) is 3.47. The Labute approximate surface area is 136 Å². The third-order valence-corrected chi connectivity index (χ3v) is 3.75. The van der Waals surface area contributed by atoms with E-state index in [0.29, 0.717) is 12.4 Å². The van der Waals surface area contributed by atoms with E-state index in [9.17, 15) is 4.79 Å². The van der Waals surface area contributed by atoms with Crippen LogP contribution in [-0.2, 0) is 6.54 Å². The minimum absolute atomic E-state index is 0.120. The molecule has 0 saturated carbocycles. The molecule has 0 saturated heterocycles. The van der Waals surface area contributed by atoms with Gasteiger partial charge >= 0.3 is 5.69 Å². The van der Waals surface area contributed by atoms with E-state index in [2.05, 4.69) is 30.6 Å². The van der Waals surface area contributed by atoms with Crippen LogP contribution in [0.15, 0.2) is 59.9 Å². The molecule has 3 aromatic heterocycles. The van der Waals surface area contributed by atoms with E-state index in [4.69, 9.17) is 0 Å². The first-order chi connectivity index (χ1) is 11.8. The van der Waals surface area contributed by atoms with Gasteiger partial charge in [0.1, 0.15) is 0 Å². The zero-order valence-electron chi connectivity index (χ0n) is 12.5. The van der Waals surface area contributed by atoms with Gasteiger partial charge in [0.25, 0.3) is 0 Å². The van der Waals surface area contributed by atoms with Gasteiger partial charge in [-0.3, -0.25) is 9.55 Å². The molecule has 8 nitrogen and oxygen atoms in total. The maximum absolute atomic E-state index is 11.6. The second-order valence-corrected chi connectivity index (χ2v) is 5.25. The molecule has 1 aromatic carbocycles. The van der Waals surface area contributed by atoms with E-state index in [1.54, 1.807) is 29.4 Å². The standard InChI is InChI=1S/C16H13N7O/c24-16-18-7-8-23(16)10-11-1-3-12(4-2-11)14-9-17-6-5-13(14)15-19-21-22-20-15/h1-9H,10H2,(H,18,24)(H,19,20,21,22). The number of rotatable bonds is 4. The van der Waals surface area contributed by atoms with Crippen molar-refractivity contribution >= 4 is 0 Å². The number of imidazole rings is 1. The first-order valence-corrected chi connectivity index (χ1v) is 7.32. The van der Waals surface area contributed by atoms with Gasteiger partial charge in [0.05, 0.1) is 6.54 Å². The van der Waals surface area contributed by atoms with Crippen molar-refractivity contribution < 1.29 is 0 Å². The number of aromatic amines is 2. The highest BCUT2D eigenvalue weighted by Crippen LogP contribution is 2.28. The van der Waals surface area contributed by atoms with Crippen molar-refractivity contribution in [2.24, 2.45) is 0 Å². The second-order valence-electron chi connectivity index (χ2n) is 5.25. The lowest BCUT2D eigenvalue weighted by Gasteiger charge is -2.07. The van der Waals surface area contributed by atoms with E-state index >= 15 is 0 Å². The topological polar surface area (TPSA) is 105 Å². The van der Waals surface area contributed by atoms with Crippen molar-refractivity contribution in [2.75, 3.05) is 0 Å². The van der Waals surface area contributed by atoms with Gasteiger partial charge in [-0.2, -0.15) is 5.21 Å². The van der Waals surface area contributed by atoms with E-state index in [1.165, 1.54) is 0 Å². The number of hydrogen-bond acceptors (Lipinski definition) is 5. The normalized spacial score (nSPS) is 10.8. The summed E-state index contributed by atoms with van der Waals surface area (Å²) in [6.45, 7) is 0.521. The number of pyridine rings is 1.